The summed E-state index contributed by atoms with van der Waals surface area (Å²) in [5.41, 5.74) is -0.400. The molecular formula is C15H12F3NO. The van der Waals surface area contributed by atoms with E-state index in [-0.39, 0.29) is 23.5 Å². The highest BCUT2D eigenvalue weighted by Crippen LogP contribution is 2.32. The van der Waals surface area contributed by atoms with Gasteiger partial charge >= 0.3 is 0 Å². The monoisotopic (exact) mass is 279 g/mol. The smallest absolute Gasteiger partial charge is 0.150 e. The number of carbonyl (C=O) groups is 1. The minimum atomic E-state index is -0.905. The van der Waals surface area contributed by atoms with Crippen LogP contribution in [-0.4, -0.2) is 12.8 Å². The summed E-state index contributed by atoms with van der Waals surface area (Å²) in [6.07, 6.45) is 0.356. The van der Waals surface area contributed by atoms with E-state index in [1.54, 1.807) is 13.0 Å². The van der Waals surface area contributed by atoms with Gasteiger partial charge in [0.2, 0.25) is 0 Å². The molecule has 5 heteroatoms. The standard InChI is InChI=1S/C15H12F3NO/c1-2-19(14-6-4-3-5-11(14)16)15-12(17)7-10(9-20)8-13(15)18/h3-9H,2H2,1H3. The van der Waals surface area contributed by atoms with Crippen LogP contribution in [0.25, 0.3) is 0 Å². The van der Waals surface area contributed by atoms with Gasteiger partial charge in [0.05, 0.1) is 5.69 Å². The number of hydrogen-bond acceptors (Lipinski definition) is 2. The van der Waals surface area contributed by atoms with E-state index in [9.17, 15) is 18.0 Å². The minimum Gasteiger partial charge on any atom is -0.335 e. The average molecular weight is 279 g/mol. The first-order chi connectivity index (χ1) is 9.58. The minimum absolute atomic E-state index is 0.0756. The van der Waals surface area contributed by atoms with E-state index in [1.165, 1.54) is 23.1 Å². The molecule has 0 atom stereocenters. The Hall–Kier alpha value is -2.30. The van der Waals surface area contributed by atoms with E-state index in [0.717, 1.165) is 12.1 Å². The molecule has 0 heterocycles. The number of anilines is 2. The highest BCUT2D eigenvalue weighted by molar-refractivity contribution is 5.77. The summed E-state index contributed by atoms with van der Waals surface area (Å²) in [5.74, 6) is -2.39. The molecule has 2 nitrogen and oxygen atoms in total. The lowest BCUT2D eigenvalue weighted by Gasteiger charge is -2.24. The van der Waals surface area contributed by atoms with E-state index in [4.69, 9.17) is 0 Å². The molecule has 20 heavy (non-hydrogen) atoms. The summed E-state index contributed by atoms with van der Waals surface area (Å²) in [7, 11) is 0. The molecule has 0 radical (unpaired) electrons. The topological polar surface area (TPSA) is 20.3 Å². The van der Waals surface area contributed by atoms with Gasteiger partial charge in [0.15, 0.2) is 11.6 Å². The van der Waals surface area contributed by atoms with Gasteiger partial charge in [0, 0.05) is 12.1 Å². The second-order valence-corrected chi connectivity index (χ2v) is 4.15. The van der Waals surface area contributed by atoms with E-state index in [0.29, 0.717) is 6.29 Å². The van der Waals surface area contributed by atoms with Crippen LogP contribution in [0.2, 0.25) is 0 Å². The maximum atomic E-state index is 14.0. The van der Waals surface area contributed by atoms with Crippen LogP contribution >= 0.6 is 0 Å². The number of para-hydroxylation sites is 1. The Kier molecular flexibility index (Phi) is 4.08. The van der Waals surface area contributed by atoms with E-state index >= 15 is 0 Å². The Morgan fingerprint density at radius 3 is 2.15 bits per heavy atom. The van der Waals surface area contributed by atoms with Crippen LogP contribution in [0.3, 0.4) is 0 Å². The Balaban J connectivity index is 2.59. The van der Waals surface area contributed by atoms with Crippen LogP contribution in [0.4, 0.5) is 24.5 Å². The third kappa shape index (κ3) is 2.52. The first-order valence-electron chi connectivity index (χ1n) is 6.04. The Morgan fingerprint density at radius 1 is 1.05 bits per heavy atom. The van der Waals surface area contributed by atoms with E-state index < -0.39 is 17.5 Å². The van der Waals surface area contributed by atoms with Crippen molar-refractivity contribution < 1.29 is 18.0 Å². The number of nitrogens with zero attached hydrogens (tertiary/aromatic N) is 1. The van der Waals surface area contributed by atoms with Gasteiger partial charge in [-0.05, 0) is 31.2 Å². The third-order valence-electron chi connectivity index (χ3n) is 2.90. The lowest BCUT2D eigenvalue weighted by atomic mass is 10.1. The van der Waals surface area contributed by atoms with E-state index in [1.807, 2.05) is 0 Å². The fraction of sp³-hybridized carbons (Fsp3) is 0.133. The fourth-order valence-electron chi connectivity index (χ4n) is 2.03. The number of hydrogen-bond donors (Lipinski definition) is 0. The molecule has 0 unspecified atom stereocenters. The quantitative estimate of drug-likeness (QED) is 0.786. The summed E-state index contributed by atoms with van der Waals surface area (Å²) in [5, 5.41) is 0. The van der Waals surface area contributed by atoms with Crippen LogP contribution in [0.5, 0.6) is 0 Å². The molecule has 0 bridgehead atoms. The van der Waals surface area contributed by atoms with Gasteiger partial charge in [-0.1, -0.05) is 12.1 Å². The van der Waals surface area contributed by atoms with Crippen molar-refractivity contribution >= 4 is 17.7 Å². The Labute approximate surface area is 114 Å². The zero-order valence-electron chi connectivity index (χ0n) is 10.7. The molecule has 0 aromatic heterocycles. The van der Waals surface area contributed by atoms with Gasteiger partial charge in [-0.2, -0.15) is 0 Å². The predicted molar refractivity (Wildman–Crippen MR) is 70.8 cm³/mol. The fourth-order valence-corrected chi connectivity index (χ4v) is 2.03. The van der Waals surface area contributed by atoms with Crippen molar-refractivity contribution in [3.05, 3.63) is 59.4 Å². The summed E-state index contributed by atoms with van der Waals surface area (Å²) in [6.45, 7) is 1.83. The molecule has 0 amide bonds. The first-order valence-corrected chi connectivity index (χ1v) is 6.04. The summed E-state index contributed by atoms with van der Waals surface area (Å²) in [4.78, 5) is 11.8. The second kappa shape index (κ2) is 5.77. The normalized spacial score (nSPS) is 10.4. The van der Waals surface area contributed by atoms with Gasteiger partial charge < -0.3 is 4.90 Å². The molecule has 2 aromatic carbocycles. The van der Waals surface area contributed by atoms with Gasteiger partial charge in [-0.25, -0.2) is 13.2 Å². The Morgan fingerprint density at radius 2 is 1.65 bits per heavy atom. The zero-order chi connectivity index (χ0) is 14.7. The average Bonchev–Trinajstić information content (AvgIpc) is 2.43. The van der Waals surface area contributed by atoms with Crippen molar-refractivity contribution in [3.63, 3.8) is 0 Å². The van der Waals surface area contributed by atoms with E-state index in [2.05, 4.69) is 0 Å². The van der Waals surface area contributed by atoms with Crippen molar-refractivity contribution in [3.8, 4) is 0 Å². The lowest BCUT2D eigenvalue weighted by molar-refractivity contribution is 0.112. The molecule has 0 saturated carbocycles. The second-order valence-electron chi connectivity index (χ2n) is 4.15. The number of benzene rings is 2. The third-order valence-corrected chi connectivity index (χ3v) is 2.90. The molecule has 0 saturated heterocycles. The number of carbonyl (C=O) groups excluding carboxylic acids is 1. The largest absolute Gasteiger partial charge is 0.335 e. The Bertz CT molecular complexity index is 620. The maximum absolute atomic E-state index is 14.0. The van der Waals surface area contributed by atoms with Gasteiger partial charge in [-0.3, -0.25) is 4.79 Å². The molecule has 0 aliphatic rings. The van der Waals surface area contributed by atoms with Crippen LogP contribution in [0, 0.1) is 17.5 Å². The SMILES string of the molecule is CCN(c1ccccc1F)c1c(F)cc(C=O)cc1F. The summed E-state index contributed by atoms with van der Waals surface area (Å²) >= 11 is 0. The first kappa shape index (κ1) is 14.1. The predicted octanol–water partition coefficient (Wildman–Crippen LogP) is 4.07. The highest BCUT2D eigenvalue weighted by atomic mass is 19.1. The molecule has 0 fully saturated rings. The lowest BCUT2D eigenvalue weighted by Crippen LogP contribution is -2.20. The van der Waals surface area contributed by atoms with Crippen LogP contribution in [0.1, 0.15) is 17.3 Å². The van der Waals surface area contributed by atoms with Crippen molar-refractivity contribution in [1.29, 1.82) is 0 Å². The molecular weight excluding hydrogens is 267 g/mol. The zero-order valence-corrected chi connectivity index (χ0v) is 10.7. The maximum Gasteiger partial charge on any atom is 0.150 e. The summed E-state index contributed by atoms with van der Waals surface area (Å²) < 4.78 is 41.8. The molecule has 0 spiro atoms. The molecule has 2 aromatic rings. The molecule has 2 rings (SSSR count). The van der Waals surface area contributed by atoms with Crippen LogP contribution in [0.15, 0.2) is 36.4 Å². The van der Waals surface area contributed by atoms with Gasteiger partial charge in [-0.15, -0.1) is 0 Å². The van der Waals surface area contributed by atoms with Crippen molar-refractivity contribution in [2.45, 2.75) is 6.92 Å². The van der Waals surface area contributed by atoms with Crippen LogP contribution < -0.4 is 4.90 Å². The molecule has 0 N–H and O–H groups in total. The molecule has 104 valence electrons. The highest BCUT2D eigenvalue weighted by Gasteiger charge is 2.20. The van der Waals surface area contributed by atoms with Gasteiger partial charge in [0.1, 0.15) is 17.8 Å². The van der Waals surface area contributed by atoms with Gasteiger partial charge in [0.25, 0.3) is 0 Å². The molecule has 0 aliphatic heterocycles. The number of halogens is 3. The summed E-state index contributed by atoms with van der Waals surface area (Å²) in [6, 6.07) is 7.58. The van der Waals surface area contributed by atoms with Crippen LogP contribution in [-0.2, 0) is 0 Å². The number of rotatable bonds is 4. The number of aldehydes is 1. The van der Waals surface area contributed by atoms with Crippen molar-refractivity contribution in [2.75, 3.05) is 11.4 Å². The van der Waals surface area contributed by atoms with Crippen molar-refractivity contribution in [2.24, 2.45) is 0 Å². The van der Waals surface area contributed by atoms with Crippen molar-refractivity contribution in [1.82, 2.24) is 0 Å². The molecule has 0 aliphatic carbocycles.